The van der Waals surface area contributed by atoms with E-state index in [0.717, 1.165) is 36.6 Å². The Balaban J connectivity index is 2.11. The van der Waals surface area contributed by atoms with Gasteiger partial charge in [-0.15, -0.1) is 0 Å². The average Bonchev–Trinajstić information content (AvgIpc) is 2.40. The van der Waals surface area contributed by atoms with Gasteiger partial charge in [0.05, 0.1) is 19.3 Å². The predicted molar refractivity (Wildman–Crippen MR) is 81.8 cm³/mol. The van der Waals surface area contributed by atoms with Crippen LogP contribution in [0.25, 0.3) is 0 Å². The molecule has 1 fully saturated rings. The summed E-state index contributed by atoms with van der Waals surface area (Å²) in [5, 5.41) is 3.48. The molecule has 2 heterocycles. The lowest BCUT2D eigenvalue weighted by Gasteiger charge is -2.37. The summed E-state index contributed by atoms with van der Waals surface area (Å²) >= 11 is 3.50. The third-order valence-corrected chi connectivity index (χ3v) is 4.15. The van der Waals surface area contributed by atoms with Gasteiger partial charge in [0.1, 0.15) is 5.82 Å². The van der Waals surface area contributed by atoms with Crippen LogP contribution in [0.1, 0.15) is 19.4 Å². The van der Waals surface area contributed by atoms with E-state index in [-0.39, 0.29) is 0 Å². The summed E-state index contributed by atoms with van der Waals surface area (Å²) < 4.78 is 6.66. The van der Waals surface area contributed by atoms with Crippen LogP contribution in [0, 0.1) is 6.92 Å². The van der Waals surface area contributed by atoms with Gasteiger partial charge in [0.15, 0.2) is 0 Å². The van der Waals surface area contributed by atoms with Gasteiger partial charge in [0.2, 0.25) is 0 Å². The Labute approximate surface area is 123 Å². The van der Waals surface area contributed by atoms with E-state index in [4.69, 9.17) is 4.74 Å². The molecule has 0 spiro atoms. The highest BCUT2D eigenvalue weighted by Gasteiger charge is 2.24. The van der Waals surface area contributed by atoms with E-state index in [9.17, 15) is 0 Å². The van der Waals surface area contributed by atoms with Crippen LogP contribution < -0.4 is 10.2 Å². The van der Waals surface area contributed by atoms with E-state index in [1.54, 1.807) is 0 Å². The zero-order valence-electron chi connectivity index (χ0n) is 11.8. The van der Waals surface area contributed by atoms with Gasteiger partial charge in [0.25, 0.3) is 0 Å². The number of halogens is 1. The zero-order chi connectivity index (χ0) is 13.8. The van der Waals surface area contributed by atoms with Gasteiger partial charge in [-0.2, -0.15) is 0 Å². The molecule has 0 bridgehead atoms. The number of ether oxygens (including phenoxy) is 1. The normalized spacial score (nSPS) is 20.1. The van der Waals surface area contributed by atoms with Gasteiger partial charge in [-0.3, -0.25) is 0 Å². The number of hydrogen-bond donors (Lipinski definition) is 1. The lowest BCUT2D eigenvalue weighted by atomic mass is 10.2. The molecule has 1 aromatic rings. The molecule has 19 heavy (non-hydrogen) atoms. The smallest absolute Gasteiger partial charge is 0.129 e. The number of nitrogens with one attached hydrogen (secondary N) is 1. The van der Waals surface area contributed by atoms with Gasteiger partial charge in [-0.25, -0.2) is 4.98 Å². The molecule has 1 aliphatic heterocycles. The summed E-state index contributed by atoms with van der Waals surface area (Å²) in [4.78, 5) is 6.88. The van der Waals surface area contributed by atoms with Crippen molar-refractivity contribution in [3.63, 3.8) is 0 Å². The molecule has 106 valence electrons. The van der Waals surface area contributed by atoms with Crippen molar-refractivity contribution in [2.45, 2.75) is 32.9 Å². The molecule has 1 atom stereocenters. The molecule has 2 rings (SSSR count). The first-order valence-electron chi connectivity index (χ1n) is 6.78. The number of anilines is 1. The minimum Gasteiger partial charge on any atom is -0.377 e. The Morgan fingerprint density at radius 2 is 2.37 bits per heavy atom. The maximum absolute atomic E-state index is 5.60. The van der Waals surface area contributed by atoms with Crippen LogP contribution in [0.2, 0.25) is 0 Å². The number of aryl methyl sites for hydroxylation is 1. The minimum absolute atomic E-state index is 0.351. The van der Waals surface area contributed by atoms with Crippen molar-refractivity contribution in [3.05, 3.63) is 22.3 Å². The second kappa shape index (κ2) is 6.68. The largest absolute Gasteiger partial charge is 0.377 e. The van der Waals surface area contributed by atoms with Crippen LogP contribution in [-0.2, 0) is 4.74 Å². The van der Waals surface area contributed by atoms with Gasteiger partial charge >= 0.3 is 0 Å². The van der Waals surface area contributed by atoms with Crippen molar-refractivity contribution in [2.75, 3.05) is 31.2 Å². The van der Waals surface area contributed by atoms with Crippen LogP contribution in [0.15, 0.2) is 16.7 Å². The average molecular weight is 328 g/mol. The van der Waals surface area contributed by atoms with Crippen LogP contribution in [0.5, 0.6) is 0 Å². The molecule has 1 aliphatic rings. The fraction of sp³-hybridized carbons (Fsp3) is 0.643. The van der Waals surface area contributed by atoms with E-state index in [2.05, 4.69) is 58.0 Å². The number of rotatable bonds is 4. The molecule has 0 radical (unpaired) electrons. The van der Waals surface area contributed by atoms with Crippen molar-refractivity contribution in [1.29, 1.82) is 0 Å². The van der Waals surface area contributed by atoms with E-state index < -0.39 is 0 Å². The predicted octanol–water partition coefficient (Wildman–Crippen LogP) is 2.36. The summed E-state index contributed by atoms with van der Waals surface area (Å²) in [6.07, 6.45) is 1.88. The third-order valence-electron chi connectivity index (χ3n) is 3.32. The van der Waals surface area contributed by atoms with Crippen molar-refractivity contribution in [2.24, 2.45) is 0 Å². The van der Waals surface area contributed by atoms with Gasteiger partial charge in [-0.1, -0.05) is 13.8 Å². The molecule has 0 amide bonds. The second-order valence-corrected chi connectivity index (χ2v) is 6.13. The molecule has 1 aromatic heterocycles. The molecular weight excluding hydrogens is 306 g/mol. The Hall–Kier alpha value is -0.650. The first-order valence-corrected chi connectivity index (χ1v) is 7.57. The molecule has 0 saturated carbocycles. The quantitative estimate of drug-likeness (QED) is 0.921. The van der Waals surface area contributed by atoms with Gasteiger partial charge in [0, 0.05) is 29.8 Å². The summed E-state index contributed by atoms with van der Waals surface area (Å²) in [5.74, 6) is 1.04. The highest BCUT2D eigenvalue weighted by Crippen LogP contribution is 2.22. The molecule has 4 nitrogen and oxygen atoms in total. The van der Waals surface area contributed by atoms with E-state index >= 15 is 0 Å². The highest BCUT2D eigenvalue weighted by molar-refractivity contribution is 9.10. The summed E-state index contributed by atoms with van der Waals surface area (Å²) in [5.41, 5.74) is 1.21. The van der Waals surface area contributed by atoms with Crippen LogP contribution >= 0.6 is 15.9 Å². The van der Waals surface area contributed by atoms with Gasteiger partial charge in [-0.05, 0) is 34.5 Å². The first-order chi connectivity index (χ1) is 9.08. The molecule has 5 heteroatoms. The SMILES string of the molecule is Cc1cc(N2CCOCC2CNC(C)C)ncc1Br. The van der Waals surface area contributed by atoms with Crippen molar-refractivity contribution in [1.82, 2.24) is 10.3 Å². The Bertz CT molecular complexity index is 425. The standard InChI is InChI=1S/C14H22BrN3O/c1-10(2)16-7-12-9-19-5-4-18(12)14-6-11(3)13(15)8-17-14/h6,8,10,12,16H,4-5,7,9H2,1-3H3. The Morgan fingerprint density at radius 3 is 3.05 bits per heavy atom. The number of hydrogen-bond acceptors (Lipinski definition) is 4. The first kappa shape index (κ1) is 14.8. The number of pyridine rings is 1. The topological polar surface area (TPSA) is 37.4 Å². The Morgan fingerprint density at radius 1 is 1.58 bits per heavy atom. The molecule has 1 unspecified atom stereocenters. The van der Waals surface area contributed by atoms with Crippen LogP contribution in [-0.4, -0.2) is 43.4 Å². The number of morpholine rings is 1. The lowest BCUT2D eigenvalue weighted by molar-refractivity contribution is 0.0928. The molecule has 1 N–H and O–H groups in total. The van der Waals surface area contributed by atoms with E-state index in [1.807, 2.05) is 6.20 Å². The molecule has 0 aromatic carbocycles. The highest BCUT2D eigenvalue weighted by atomic mass is 79.9. The zero-order valence-corrected chi connectivity index (χ0v) is 13.4. The maximum Gasteiger partial charge on any atom is 0.129 e. The summed E-state index contributed by atoms with van der Waals surface area (Å²) in [6, 6.07) is 2.98. The monoisotopic (exact) mass is 327 g/mol. The Kier molecular flexibility index (Phi) is 5.19. The van der Waals surface area contributed by atoms with Crippen LogP contribution in [0.3, 0.4) is 0 Å². The maximum atomic E-state index is 5.60. The van der Waals surface area contributed by atoms with E-state index in [0.29, 0.717) is 12.1 Å². The van der Waals surface area contributed by atoms with Crippen LogP contribution in [0.4, 0.5) is 5.82 Å². The van der Waals surface area contributed by atoms with E-state index in [1.165, 1.54) is 5.56 Å². The van der Waals surface area contributed by atoms with Gasteiger partial charge < -0.3 is 15.0 Å². The summed E-state index contributed by atoms with van der Waals surface area (Å²) in [7, 11) is 0. The molecular formula is C14H22BrN3O. The fourth-order valence-electron chi connectivity index (χ4n) is 2.18. The van der Waals surface area contributed by atoms with Crippen molar-refractivity contribution >= 4 is 21.7 Å². The molecule has 1 saturated heterocycles. The van der Waals surface area contributed by atoms with Crippen molar-refractivity contribution in [3.8, 4) is 0 Å². The number of aromatic nitrogens is 1. The minimum atomic E-state index is 0.351. The van der Waals surface area contributed by atoms with Crippen molar-refractivity contribution < 1.29 is 4.74 Å². The fourth-order valence-corrected chi connectivity index (χ4v) is 2.40. The number of nitrogens with zero attached hydrogens (tertiary/aromatic N) is 2. The summed E-state index contributed by atoms with van der Waals surface area (Å²) in [6.45, 7) is 9.78. The third kappa shape index (κ3) is 3.91. The molecule has 0 aliphatic carbocycles. The second-order valence-electron chi connectivity index (χ2n) is 5.28. The lowest BCUT2D eigenvalue weighted by Crippen LogP contribution is -2.51.